The molecule has 0 aromatic carbocycles. The van der Waals surface area contributed by atoms with E-state index in [9.17, 15) is 0 Å². The molecule has 132 valence electrons. The lowest BCUT2D eigenvalue weighted by atomic mass is 9.92. The molecule has 0 aliphatic heterocycles. The van der Waals surface area contributed by atoms with Crippen molar-refractivity contribution in [3.8, 4) is 0 Å². The number of unbranched alkanes of at least 4 members (excludes halogenated alkanes) is 3. The van der Waals surface area contributed by atoms with Crippen LogP contribution in [0.15, 0.2) is 0 Å². The van der Waals surface area contributed by atoms with Crippen LogP contribution < -0.4 is 0 Å². The molecular formula is C18H37NO3. The van der Waals surface area contributed by atoms with Crippen molar-refractivity contribution in [3.05, 3.63) is 0 Å². The minimum atomic E-state index is -0.366. The van der Waals surface area contributed by atoms with Crippen LogP contribution in [-0.4, -0.2) is 30.8 Å². The molecule has 0 saturated heterocycles. The summed E-state index contributed by atoms with van der Waals surface area (Å²) in [6.45, 7) is 8.77. The molecule has 0 atom stereocenters. The molecule has 4 heteroatoms. The Morgan fingerprint density at radius 2 is 1.23 bits per heavy atom. The SMILES string of the molecule is CCCCON(OCCCC)C1(OCCCC)CCCCC1. The number of hydrogen-bond donors (Lipinski definition) is 0. The van der Waals surface area contributed by atoms with Gasteiger partial charge >= 0.3 is 0 Å². The van der Waals surface area contributed by atoms with E-state index in [1.54, 1.807) is 5.23 Å². The van der Waals surface area contributed by atoms with Crippen LogP contribution in [0.4, 0.5) is 0 Å². The van der Waals surface area contributed by atoms with E-state index >= 15 is 0 Å². The lowest BCUT2D eigenvalue weighted by molar-refractivity contribution is -0.465. The van der Waals surface area contributed by atoms with Crippen molar-refractivity contribution < 1.29 is 14.4 Å². The van der Waals surface area contributed by atoms with Gasteiger partial charge in [-0.1, -0.05) is 46.5 Å². The summed E-state index contributed by atoms with van der Waals surface area (Å²) in [4.78, 5) is 12.0. The van der Waals surface area contributed by atoms with E-state index in [0.717, 1.165) is 58.0 Å². The maximum absolute atomic E-state index is 6.31. The van der Waals surface area contributed by atoms with E-state index in [2.05, 4.69) is 20.8 Å². The largest absolute Gasteiger partial charge is 0.356 e. The van der Waals surface area contributed by atoms with Crippen molar-refractivity contribution in [2.45, 2.75) is 97.1 Å². The van der Waals surface area contributed by atoms with Crippen molar-refractivity contribution >= 4 is 0 Å². The Hall–Kier alpha value is -0.160. The first-order valence-electron chi connectivity index (χ1n) is 9.49. The van der Waals surface area contributed by atoms with Crippen LogP contribution in [0.1, 0.15) is 91.4 Å². The average Bonchev–Trinajstić information content (AvgIpc) is 2.55. The van der Waals surface area contributed by atoms with Crippen molar-refractivity contribution in [3.63, 3.8) is 0 Å². The topological polar surface area (TPSA) is 30.9 Å². The summed E-state index contributed by atoms with van der Waals surface area (Å²) in [5, 5.41) is 1.74. The van der Waals surface area contributed by atoms with E-state index in [0.29, 0.717) is 13.2 Å². The highest BCUT2D eigenvalue weighted by atomic mass is 17.0. The smallest absolute Gasteiger partial charge is 0.170 e. The van der Waals surface area contributed by atoms with Gasteiger partial charge in [0, 0.05) is 6.61 Å². The van der Waals surface area contributed by atoms with Crippen molar-refractivity contribution in [2.24, 2.45) is 0 Å². The van der Waals surface area contributed by atoms with E-state index in [1.165, 1.54) is 19.3 Å². The predicted octanol–water partition coefficient (Wildman–Crippen LogP) is 5.23. The summed E-state index contributed by atoms with van der Waals surface area (Å²) in [5.74, 6) is 0. The molecule has 0 N–H and O–H groups in total. The van der Waals surface area contributed by atoms with Crippen LogP contribution in [0.2, 0.25) is 0 Å². The van der Waals surface area contributed by atoms with Gasteiger partial charge in [0.1, 0.15) is 0 Å². The molecule has 0 spiro atoms. The van der Waals surface area contributed by atoms with Crippen molar-refractivity contribution in [2.75, 3.05) is 19.8 Å². The number of rotatable bonds is 13. The summed E-state index contributed by atoms with van der Waals surface area (Å²) in [7, 11) is 0. The lowest BCUT2D eigenvalue weighted by Gasteiger charge is -2.43. The van der Waals surface area contributed by atoms with Gasteiger partial charge in [-0.15, -0.1) is 0 Å². The second-order valence-corrected chi connectivity index (χ2v) is 6.34. The van der Waals surface area contributed by atoms with Gasteiger partial charge in [0.2, 0.25) is 0 Å². The fraction of sp³-hybridized carbons (Fsp3) is 1.00. The molecule has 1 aliphatic carbocycles. The summed E-state index contributed by atoms with van der Waals surface area (Å²) in [5.41, 5.74) is -0.366. The zero-order valence-corrected chi connectivity index (χ0v) is 15.1. The number of hydroxylamine groups is 2. The molecule has 0 radical (unpaired) electrons. The van der Waals surface area contributed by atoms with Gasteiger partial charge in [-0.25, -0.2) is 0 Å². The quantitative estimate of drug-likeness (QED) is 0.264. The first-order valence-corrected chi connectivity index (χ1v) is 9.49. The highest BCUT2D eigenvalue weighted by molar-refractivity contribution is 4.79. The Morgan fingerprint density at radius 3 is 1.73 bits per heavy atom. The van der Waals surface area contributed by atoms with Crippen LogP contribution in [-0.2, 0) is 14.4 Å². The van der Waals surface area contributed by atoms with Crippen LogP contribution in [0.3, 0.4) is 0 Å². The second-order valence-electron chi connectivity index (χ2n) is 6.34. The first kappa shape index (κ1) is 19.9. The third-order valence-electron chi connectivity index (χ3n) is 4.25. The highest BCUT2D eigenvalue weighted by Gasteiger charge is 2.41. The molecule has 4 nitrogen and oxygen atoms in total. The first-order chi connectivity index (χ1) is 10.8. The average molecular weight is 315 g/mol. The standard InChI is InChI=1S/C18H37NO3/c1-4-7-15-20-18(13-11-10-12-14-18)19(21-16-8-5-2)22-17-9-6-3/h4-17H2,1-3H3. The molecule has 0 heterocycles. The van der Waals surface area contributed by atoms with Crippen molar-refractivity contribution in [1.29, 1.82) is 0 Å². The van der Waals surface area contributed by atoms with Gasteiger partial charge in [-0.2, -0.15) is 0 Å². The van der Waals surface area contributed by atoms with Gasteiger partial charge in [-0.3, -0.25) is 9.68 Å². The molecule has 0 bridgehead atoms. The van der Waals surface area contributed by atoms with Crippen LogP contribution in [0.5, 0.6) is 0 Å². The van der Waals surface area contributed by atoms with Gasteiger partial charge in [-0.05, 0) is 50.2 Å². The Labute approximate surface area is 137 Å². The zero-order chi connectivity index (χ0) is 16.1. The van der Waals surface area contributed by atoms with Gasteiger partial charge in [0.15, 0.2) is 5.72 Å². The van der Waals surface area contributed by atoms with Crippen LogP contribution in [0.25, 0.3) is 0 Å². The molecular weight excluding hydrogens is 278 g/mol. The fourth-order valence-electron chi connectivity index (χ4n) is 2.75. The number of nitrogens with zero attached hydrogens (tertiary/aromatic N) is 1. The second kappa shape index (κ2) is 12.3. The number of ether oxygens (including phenoxy) is 1. The minimum Gasteiger partial charge on any atom is -0.356 e. The third-order valence-corrected chi connectivity index (χ3v) is 4.25. The van der Waals surface area contributed by atoms with E-state index in [1.807, 2.05) is 0 Å². The van der Waals surface area contributed by atoms with Crippen molar-refractivity contribution in [1.82, 2.24) is 5.23 Å². The highest BCUT2D eigenvalue weighted by Crippen LogP contribution is 2.35. The summed E-state index contributed by atoms with van der Waals surface area (Å²) in [6.07, 6.45) is 12.3. The normalized spacial score (nSPS) is 18.0. The monoisotopic (exact) mass is 315 g/mol. The minimum absolute atomic E-state index is 0.366. The van der Waals surface area contributed by atoms with Gasteiger partial charge < -0.3 is 4.74 Å². The predicted molar refractivity (Wildman–Crippen MR) is 90.2 cm³/mol. The molecule has 0 aromatic heterocycles. The zero-order valence-electron chi connectivity index (χ0n) is 15.1. The lowest BCUT2D eigenvalue weighted by Crippen LogP contribution is -2.52. The molecule has 1 saturated carbocycles. The molecule has 0 aromatic rings. The van der Waals surface area contributed by atoms with Crippen LogP contribution >= 0.6 is 0 Å². The Bertz CT molecular complexity index is 245. The summed E-state index contributed by atoms with van der Waals surface area (Å²) >= 11 is 0. The molecule has 0 amide bonds. The Kier molecular flexibility index (Phi) is 11.1. The Balaban J connectivity index is 2.66. The van der Waals surface area contributed by atoms with Gasteiger partial charge in [0.25, 0.3) is 0 Å². The molecule has 1 rings (SSSR count). The van der Waals surface area contributed by atoms with E-state index in [4.69, 9.17) is 14.4 Å². The van der Waals surface area contributed by atoms with E-state index < -0.39 is 0 Å². The van der Waals surface area contributed by atoms with Gasteiger partial charge in [0.05, 0.1) is 13.2 Å². The third kappa shape index (κ3) is 6.95. The molecule has 0 unspecified atom stereocenters. The fourth-order valence-corrected chi connectivity index (χ4v) is 2.75. The van der Waals surface area contributed by atoms with E-state index in [-0.39, 0.29) is 5.72 Å². The summed E-state index contributed by atoms with van der Waals surface area (Å²) in [6, 6.07) is 0. The summed E-state index contributed by atoms with van der Waals surface area (Å²) < 4.78 is 6.31. The molecule has 22 heavy (non-hydrogen) atoms. The number of hydrogen-bond acceptors (Lipinski definition) is 4. The Morgan fingerprint density at radius 1 is 0.727 bits per heavy atom. The molecule has 1 fully saturated rings. The maximum Gasteiger partial charge on any atom is 0.170 e. The van der Waals surface area contributed by atoms with Crippen LogP contribution in [0, 0.1) is 0 Å². The maximum atomic E-state index is 6.31. The molecule has 1 aliphatic rings.